The van der Waals surface area contributed by atoms with Crippen molar-refractivity contribution in [3.63, 3.8) is 0 Å². The Morgan fingerprint density at radius 2 is 2.17 bits per heavy atom. The maximum absolute atomic E-state index is 5.82. The third-order valence-electron chi connectivity index (χ3n) is 3.64. The fourth-order valence-electron chi connectivity index (χ4n) is 2.57. The predicted molar refractivity (Wildman–Crippen MR) is 75.6 cm³/mol. The highest BCUT2D eigenvalue weighted by atomic mass is 79.9. The van der Waals surface area contributed by atoms with Crippen LogP contribution in [0, 0.1) is 5.92 Å². The van der Waals surface area contributed by atoms with Gasteiger partial charge in [-0.2, -0.15) is 0 Å². The number of halogens is 1. The average molecular weight is 309 g/mol. The number of nitrogens with one attached hydrogen (secondary N) is 1. The largest absolute Gasteiger partial charge is 0.440 e. The molecule has 1 aliphatic rings. The summed E-state index contributed by atoms with van der Waals surface area (Å²) in [5.41, 5.74) is 1.82. The van der Waals surface area contributed by atoms with E-state index < -0.39 is 0 Å². The predicted octanol–water partition coefficient (Wildman–Crippen LogP) is 3.52. The molecule has 3 rings (SSSR count). The van der Waals surface area contributed by atoms with Gasteiger partial charge in [0.2, 0.25) is 0 Å². The molecule has 96 valence electrons. The number of piperidine rings is 1. The van der Waals surface area contributed by atoms with Crippen molar-refractivity contribution in [2.75, 3.05) is 13.1 Å². The summed E-state index contributed by atoms with van der Waals surface area (Å²) >= 11 is 3.50. The van der Waals surface area contributed by atoms with Crippen LogP contribution in [0.1, 0.15) is 25.2 Å². The van der Waals surface area contributed by atoms with Crippen LogP contribution in [0.4, 0.5) is 0 Å². The van der Waals surface area contributed by atoms with Crippen LogP contribution < -0.4 is 5.32 Å². The second kappa shape index (κ2) is 5.41. The summed E-state index contributed by atoms with van der Waals surface area (Å²) in [6.45, 7) is 2.31. The number of aromatic nitrogens is 1. The molecule has 1 fully saturated rings. The minimum Gasteiger partial charge on any atom is -0.440 e. The molecule has 2 aromatic rings. The molecular formula is C14H17BrN2O. The summed E-state index contributed by atoms with van der Waals surface area (Å²) < 4.78 is 6.80. The van der Waals surface area contributed by atoms with Crippen LogP contribution in [0.25, 0.3) is 11.1 Å². The molecule has 1 aromatic carbocycles. The number of para-hydroxylation sites is 1. The first-order valence-corrected chi connectivity index (χ1v) is 7.37. The molecule has 0 unspecified atom stereocenters. The molecule has 1 saturated heterocycles. The van der Waals surface area contributed by atoms with Gasteiger partial charge in [-0.05, 0) is 66.3 Å². The van der Waals surface area contributed by atoms with Gasteiger partial charge in [0.1, 0.15) is 5.52 Å². The number of oxazole rings is 1. The number of hydrogen-bond acceptors (Lipinski definition) is 3. The SMILES string of the molecule is Brc1cccc2nc(CCC3CCNCC3)oc12. The van der Waals surface area contributed by atoms with Crippen LogP contribution in [0.2, 0.25) is 0 Å². The molecule has 1 N–H and O–H groups in total. The molecule has 0 amide bonds. The molecule has 0 radical (unpaired) electrons. The van der Waals surface area contributed by atoms with Crippen molar-refractivity contribution in [1.82, 2.24) is 10.3 Å². The standard InChI is InChI=1S/C14H17BrN2O/c15-11-2-1-3-12-14(11)18-13(17-12)5-4-10-6-8-16-9-7-10/h1-3,10,16H,4-9H2. The Bertz CT molecular complexity index is 532. The van der Waals surface area contributed by atoms with Crippen molar-refractivity contribution < 1.29 is 4.42 Å². The number of hydrogen-bond donors (Lipinski definition) is 1. The van der Waals surface area contributed by atoms with Gasteiger partial charge in [0, 0.05) is 6.42 Å². The summed E-state index contributed by atoms with van der Waals surface area (Å²) in [6, 6.07) is 5.98. The van der Waals surface area contributed by atoms with E-state index in [4.69, 9.17) is 4.42 Å². The summed E-state index contributed by atoms with van der Waals surface area (Å²) in [4.78, 5) is 4.55. The maximum Gasteiger partial charge on any atom is 0.195 e. The maximum atomic E-state index is 5.82. The van der Waals surface area contributed by atoms with Gasteiger partial charge in [-0.25, -0.2) is 4.98 Å². The van der Waals surface area contributed by atoms with Gasteiger partial charge >= 0.3 is 0 Å². The van der Waals surface area contributed by atoms with E-state index in [0.717, 1.165) is 46.9 Å². The molecule has 0 saturated carbocycles. The Kier molecular flexibility index (Phi) is 3.66. The van der Waals surface area contributed by atoms with Crippen LogP contribution in [0.15, 0.2) is 27.1 Å². The Morgan fingerprint density at radius 3 is 2.94 bits per heavy atom. The van der Waals surface area contributed by atoms with E-state index in [1.54, 1.807) is 0 Å². The van der Waals surface area contributed by atoms with E-state index in [0.29, 0.717) is 0 Å². The van der Waals surface area contributed by atoms with Gasteiger partial charge < -0.3 is 9.73 Å². The Balaban J connectivity index is 1.69. The molecular weight excluding hydrogens is 292 g/mol. The summed E-state index contributed by atoms with van der Waals surface area (Å²) in [6.07, 6.45) is 4.70. The lowest BCUT2D eigenvalue weighted by molar-refractivity contribution is 0.343. The highest BCUT2D eigenvalue weighted by Gasteiger charge is 2.15. The summed E-state index contributed by atoms with van der Waals surface area (Å²) in [5, 5.41) is 3.40. The normalized spacial score (nSPS) is 17.4. The van der Waals surface area contributed by atoms with Crippen LogP contribution in [0.3, 0.4) is 0 Å². The minimum absolute atomic E-state index is 0.824. The molecule has 3 nitrogen and oxygen atoms in total. The molecule has 0 spiro atoms. The second-order valence-electron chi connectivity index (χ2n) is 4.93. The van der Waals surface area contributed by atoms with Crippen LogP contribution >= 0.6 is 15.9 Å². The number of nitrogens with zero attached hydrogens (tertiary/aromatic N) is 1. The van der Waals surface area contributed by atoms with E-state index in [1.807, 2.05) is 18.2 Å². The topological polar surface area (TPSA) is 38.1 Å². The van der Waals surface area contributed by atoms with Gasteiger partial charge in [0.25, 0.3) is 0 Å². The number of fused-ring (bicyclic) bond motifs is 1. The molecule has 0 atom stereocenters. The van der Waals surface area contributed by atoms with Crippen molar-refractivity contribution in [3.8, 4) is 0 Å². The zero-order valence-electron chi connectivity index (χ0n) is 10.3. The third kappa shape index (κ3) is 2.59. The van der Waals surface area contributed by atoms with Crippen LogP contribution in [-0.4, -0.2) is 18.1 Å². The number of aryl methyl sites for hydroxylation is 1. The molecule has 0 bridgehead atoms. The van der Waals surface area contributed by atoms with Crippen molar-refractivity contribution in [3.05, 3.63) is 28.6 Å². The van der Waals surface area contributed by atoms with Gasteiger partial charge in [-0.3, -0.25) is 0 Å². The fourth-order valence-corrected chi connectivity index (χ4v) is 3.00. The van der Waals surface area contributed by atoms with Crippen molar-refractivity contribution in [2.45, 2.75) is 25.7 Å². The van der Waals surface area contributed by atoms with Gasteiger partial charge in [0.05, 0.1) is 4.47 Å². The van der Waals surface area contributed by atoms with Crippen molar-refractivity contribution in [2.24, 2.45) is 5.92 Å². The first-order valence-electron chi connectivity index (χ1n) is 6.57. The Labute approximate surface area is 115 Å². The Hall–Kier alpha value is -0.870. The van der Waals surface area contributed by atoms with Crippen LogP contribution in [0.5, 0.6) is 0 Å². The molecule has 1 aromatic heterocycles. The van der Waals surface area contributed by atoms with E-state index in [-0.39, 0.29) is 0 Å². The van der Waals surface area contributed by atoms with E-state index in [2.05, 4.69) is 26.2 Å². The first-order chi connectivity index (χ1) is 8.83. The second-order valence-corrected chi connectivity index (χ2v) is 5.78. The highest BCUT2D eigenvalue weighted by molar-refractivity contribution is 9.10. The average Bonchev–Trinajstić information content (AvgIpc) is 2.82. The number of rotatable bonds is 3. The summed E-state index contributed by atoms with van der Waals surface area (Å²) in [5.74, 6) is 1.69. The van der Waals surface area contributed by atoms with Crippen molar-refractivity contribution >= 4 is 27.0 Å². The first kappa shape index (κ1) is 12.2. The Morgan fingerprint density at radius 1 is 1.33 bits per heavy atom. The zero-order valence-corrected chi connectivity index (χ0v) is 11.9. The molecule has 1 aliphatic heterocycles. The molecule has 4 heteroatoms. The monoisotopic (exact) mass is 308 g/mol. The van der Waals surface area contributed by atoms with Gasteiger partial charge in [0.15, 0.2) is 11.5 Å². The van der Waals surface area contributed by atoms with Gasteiger partial charge in [-0.15, -0.1) is 0 Å². The molecule has 0 aliphatic carbocycles. The van der Waals surface area contributed by atoms with Gasteiger partial charge in [-0.1, -0.05) is 6.07 Å². The van der Waals surface area contributed by atoms with E-state index >= 15 is 0 Å². The smallest absolute Gasteiger partial charge is 0.195 e. The highest BCUT2D eigenvalue weighted by Crippen LogP contribution is 2.26. The zero-order chi connectivity index (χ0) is 12.4. The quantitative estimate of drug-likeness (QED) is 0.942. The van der Waals surface area contributed by atoms with Crippen LogP contribution in [-0.2, 0) is 6.42 Å². The lowest BCUT2D eigenvalue weighted by Crippen LogP contribution is -2.27. The molecule has 18 heavy (non-hydrogen) atoms. The lowest BCUT2D eigenvalue weighted by Gasteiger charge is -2.21. The third-order valence-corrected chi connectivity index (χ3v) is 4.26. The van der Waals surface area contributed by atoms with E-state index in [1.165, 1.54) is 19.3 Å². The fraction of sp³-hybridized carbons (Fsp3) is 0.500. The lowest BCUT2D eigenvalue weighted by atomic mass is 9.93. The minimum atomic E-state index is 0.824. The van der Waals surface area contributed by atoms with E-state index in [9.17, 15) is 0 Å². The number of benzene rings is 1. The molecule has 2 heterocycles. The van der Waals surface area contributed by atoms with Crippen molar-refractivity contribution in [1.29, 1.82) is 0 Å². The summed E-state index contributed by atoms with van der Waals surface area (Å²) in [7, 11) is 0.